The molecular formula is C21H27FN2O2. The first-order valence-electron chi connectivity index (χ1n) is 8.79. The Morgan fingerprint density at radius 2 is 2.15 bits per heavy atom. The van der Waals surface area contributed by atoms with Gasteiger partial charge < -0.3 is 10.1 Å². The van der Waals surface area contributed by atoms with Gasteiger partial charge in [0.1, 0.15) is 11.3 Å². The highest BCUT2D eigenvalue weighted by molar-refractivity contribution is 5.97. The van der Waals surface area contributed by atoms with Crippen LogP contribution in [0.4, 0.5) is 4.39 Å². The third-order valence-electron chi connectivity index (χ3n) is 3.97. The molecule has 26 heavy (non-hydrogen) atoms. The van der Waals surface area contributed by atoms with Gasteiger partial charge in [-0.1, -0.05) is 38.1 Å². The van der Waals surface area contributed by atoms with Crippen LogP contribution in [0.5, 0.6) is 0 Å². The number of benzene rings is 1. The molecule has 0 fully saturated rings. The molecule has 1 aromatic carbocycles. The topological polar surface area (TPSA) is 51.2 Å². The van der Waals surface area contributed by atoms with E-state index in [0.29, 0.717) is 30.1 Å². The van der Waals surface area contributed by atoms with E-state index in [9.17, 15) is 9.18 Å². The number of ether oxygens (including phenoxy) is 1. The number of nitrogens with one attached hydrogen (secondary N) is 1. The molecule has 2 aromatic rings. The molecule has 0 saturated heterocycles. The van der Waals surface area contributed by atoms with Crippen molar-refractivity contribution in [3.8, 4) is 0 Å². The molecule has 0 aliphatic rings. The lowest BCUT2D eigenvalue weighted by Crippen LogP contribution is -2.50. The number of hydrogen-bond donors (Lipinski definition) is 1. The zero-order valence-corrected chi connectivity index (χ0v) is 15.9. The maximum Gasteiger partial charge on any atom is 0.253 e. The van der Waals surface area contributed by atoms with Crippen molar-refractivity contribution in [1.29, 1.82) is 0 Å². The van der Waals surface area contributed by atoms with Gasteiger partial charge in [-0.15, -0.1) is 0 Å². The van der Waals surface area contributed by atoms with E-state index < -0.39 is 11.4 Å². The lowest BCUT2D eigenvalue weighted by Gasteiger charge is -2.32. The van der Waals surface area contributed by atoms with Crippen molar-refractivity contribution in [1.82, 2.24) is 10.3 Å². The fourth-order valence-electron chi connectivity index (χ4n) is 3.09. The molecule has 0 spiro atoms. The predicted molar refractivity (Wildman–Crippen MR) is 103 cm³/mol. The van der Waals surface area contributed by atoms with Crippen molar-refractivity contribution >= 4 is 16.8 Å². The van der Waals surface area contributed by atoms with Crippen LogP contribution in [0, 0.1) is 11.7 Å². The lowest BCUT2D eigenvalue weighted by molar-refractivity contribution is 0.0646. The van der Waals surface area contributed by atoms with Crippen molar-refractivity contribution < 1.29 is 13.9 Å². The third-order valence-corrected chi connectivity index (χ3v) is 3.97. The highest BCUT2D eigenvalue weighted by atomic mass is 19.1. The summed E-state index contributed by atoms with van der Waals surface area (Å²) in [5.74, 6) is -0.254. The van der Waals surface area contributed by atoms with Crippen LogP contribution in [-0.2, 0) is 4.74 Å². The van der Waals surface area contributed by atoms with Gasteiger partial charge in [0.2, 0.25) is 0 Å². The molecule has 5 heteroatoms. The van der Waals surface area contributed by atoms with Crippen molar-refractivity contribution in [2.75, 3.05) is 13.2 Å². The van der Waals surface area contributed by atoms with E-state index in [1.165, 1.54) is 12.3 Å². The summed E-state index contributed by atoms with van der Waals surface area (Å²) >= 11 is 0. The van der Waals surface area contributed by atoms with Gasteiger partial charge in [-0.25, -0.2) is 4.39 Å². The molecule has 0 radical (unpaired) electrons. The van der Waals surface area contributed by atoms with Crippen molar-refractivity contribution in [3.63, 3.8) is 0 Å². The Kier molecular flexibility index (Phi) is 6.48. The van der Waals surface area contributed by atoms with Crippen LogP contribution in [0.2, 0.25) is 0 Å². The minimum atomic E-state index is -0.516. The van der Waals surface area contributed by atoms with Gasteiger partial charge in [-0.2, -0.15) is 0 Å². The Morgan fingerprint density at radius 3 is 2.81 bits per heavy atom. The number of pyridine rings is 1. The number of para-hydroxylation sites is 1. The first-order chi connectivity index (χ1) is 12.2. The van der Waals surface area contributed by atoms with Gasteiger partial charge in [0.15, 0.2) is 0 Å². The highest BCUT2D eigenvalue weighted by Crippen LogP contribution is 2.20. The van der Waals surface area contributed by atoms with E-state index >= 15 is 0 Å². The Bertz CT molecular complexity index is 804. The summed E-state index contributed by atoms with van der Waals surface area (Å²) in [7, 11) is 0. The minimum Gasteiger partial charge on any atom is -0.375 e. The fraction of sp³-hybridized carbons (Fsp3) is 0.429. The molecule has 1 N–H and O–H groups in total. The van der Waals surface area contributed by atoms with E-state index in [1.54, 1.807) is 18.2 Å². The number of aromatic nitrogens is 1. The fourth-order valence-corrected chi connectivity index (χ4v) is 3.09. The van der Waals surface area contributed by atoms with Gasteiger partial charge in [-0.3, -0.25) is 9.78 Å². The van der Waals surface area contributed by atoms with Gasteiger partial charge in [-0.05, 0) is 38.3 Å². The lowest BCUT2D eigenvalue weighted by atomic mass is 9.91. The highest BCUT2D eigenvalue weighted by Gasteiger charge is 2.28. The van der Waals surface area contributed by atoms with E-state index in [0.717, 1.165) is 12.0 Å². The van der Waals surface area contributed by atoms with Crippen LogP contribution in [0.1, 0.15) is 44.5 Å². The van der Waals surface area contributed by atoms with Crippen LogP contribution in [0.15, 0.2) is 42.6 Å². The maximum absolute atomic E-state index is 13.8. The summed E-state index contributed by atoms with van der Waals surface area (Å²) in [6.45, 7) is 12.7. The number of fused-ring (bicyclic) bond motifs is 1. The van der Waals surface area contributed by atoms with Crippen LogP contribution in [-0.4, -0.2) is 29.6 Å². The summed E-state index contributed by atoms with van der Waals surface area (Å²) in [5, 5.41) is 3.67. The summed E-state index contributed by atoms with van der Waals surface area (Å²) in [6.07, 6.45) is 2.18. The van der Waals surface area contributed by atoms with Gasteiger partial charge in [0, 0.05) is 11.6 Å². The molecule has 1 unspecified atom stereocenters. The molecule has 1 amide bonds. The number of halogens is 1. The van der Waals surface area contributed by atoms with Crippen molar-refractivity contribution in [2.24, 2.45) is 5.92 Å². The van der Waals surface area contributed by atoms with Crippen LogP contribution >= 0.6 is 0 Å². The molecule has 140 valence electrons. The molecule has 0 aliphatic carbocycles. The predicted octanol–water partition coefficient (Wildman–Crippen LogP) is 4.50. The number of carbonyl (C=O) groups excluding carboxylic acids is 1. The molecule has 2 rings (SSSR count). The summed E-state index contributed by atoms with van der Waals surface area (Å²) in [4.78, 5) is 16.8. The SMILES string of the molecule is C=C(C)COCC(C)(CC(C)C)NC(=O)c1cnc2c(F)cccc2c1. The smallest absolute Gasteiger partial charge is 0.253 e. The number of amides is 1. The Morgan fingerprint density at radius 1 is 1.42 bits per heavy atom. The molecule has 1 aromatic heterocycles. The average molecular weight is 358 g/mol. The van der Waals surface area contributed by atoms with Crippen molar-refractivity contribution in [3.05, 3.63) is 54.0 Å². The monoisotopic (exact) mass is 358 g/mol. The molecule has 0 aliphatic heterocycles. The number of hydrogen-bond acceptors (Lipinski definition) is 3. The summed E-state index contributed by atoms with van der Waals surface area (Å²) < 4.78 is 19.5. The normalized spacial score (nSPS) is 13.6. The van der Waals surface area contributed by atoms with Crippen molar-refractivity contribution in [2.45, 2.75) is 39.7 Å². The molecule has 4 nitrogen and oxygen atoms in total. The Hall–Kier alpha value is -2.27. The average Bonchev–Trinajstić information content (AvgIpc) is 2.53. The van der Waals surface area contributed by atoms with Crippen LogP contribution < -0.4 is 5.32 Å². The molecule has 0 bridgehead atoms. The second-order valence-corrected chi connectivity index (χ2v) is 7.60. The second-order valence-electron chi connectivity index (χ2n) is 7.60. The molecular weight excluding hydrogens is 331 g/mol. The quantitative estimate of drug-likeness (QED) is 0.707. The van der Waals surface area contributed by atoms with E-state index in [4.69, 9.17) is 4.74 Å². The van der Waals surface area contributed by atoms with Gasteiger partial charge >= 0.3 is 0 Å². The van der Waals surface area contributed by atoms with Gasteiger partial charge in [0.25, 0.3) is 5.91 Å². The van der Waals surface area contributed by atoms with Crippen LogP contribution in [0.25, 0.3) is 10.9 Å². The third kappa shape index (κ3) is 5.36. The van der Waals surface area contributed by atoms with E-state index in [2.05, 4.69) is 30.7 Å². The first kappa shape index (κ1) is 20.0. The summed E-state index contributed by atoms with van der Waals surface area (Å²) in [5.41, 5.74) is 1.08. The summed E-state index contributed by atoms with van der Waals surface area (Å²) in [6, 6.07) is 6.36. The standard InChI is InChI=1S/C21H27FN2O2/c1-14(2)10-21(5,13-26-12-15(3)4)24-20(25)17-9-16-7-6-8-18(22)19(16)23-11-17/h6-9,11,14H,3,10,12-13H2,1-2,4-5H3,(H,24,25). The Labute approximate surface area is 154 Å². The zero-order chi connectivity index (χ0) is 19.3. The largest absolute Gasteiger partial charge is 0.375 e. The molecule has 0 saturated carbocycles. The molecule has 1 heterocycles. The number of carbonyl (C=O) groups is 1. The van der Waals surface area contributed by atoms with Gasteiger partial charge in [0.05, 0.1) is 24.3 Å². The number of rotatable bonds is 8. The zero-order valence-electron chi connectivity index (χ0n) is 15.9. The second kappa shape index (κ2) is 8.41. The minimum absolute atomic E-state index is 0.245. The Balaban J connectivity index is 2.18. The van der Waals surface area contributed by atoms with E-state index in [-0.39, 0.29) is 11.4 Å². The van der Waals surface area contributed by atoms with E-state index in [1.807, 2.05) is 13.8 Å². The number of nitrogens with zero attached hydrogens (tertiary/aromatic N) is 1. The van der Waals surface area contributed by atoms with Crippen LogP contribution in [0.3, 0.4) is 0 Å². The maximum atomic E-state index is 13.8. The molecule has 1 atom stereocenters. The first-order valence-corrected chi connectivity index (χ1v) is 8.79.